The SMILES string of the molecule is CCCCOc1c(CNC(C)(C)C)cccc1OC. The second-order valence-corrected chi connectivity index (χ2v) is 5.75. The zero-order valence-corrected chi connectivity index (χ0v) is 12.9. The van der Waals surface area contributed by atoms with Gasteiger partial charge in [-0.3, -0.25) is 0 Å². The molecule has 3 heteroatoms. The summed E-state index contributed by atoms with van der Waals surface area (Å²) in [7, 11) is 1.68. The molecule has 0 radical (unpaired) electrons. The van der Waals surface area contributed by atoms with Gasteiger partial charge in [-0.25, -0.2) is 0 Å². The van der Waals surface area contributed by atoms with Crippen LogP contribution in [0.4, 0.5) is 0 Å². The van der Waals surface area contributed by atoms with Gasteiger partial charge in [0.25, 0.3) is 0 Å². The second-order valence-electron chi connectivity index (χ2n) is 5.75. The zero-order valence-electron chi connectivity index (χ0n) is 12.9. The lowest BCUT2D eigenvalue weighted by Gasteiger charge is -2.22. The van der Waals surface area contributed by atoms with Crippen molar-refractivity contribution in [2.24, 2.45) is 0 Å². The summed E-state index contributed by atoms with van der Waals surface area (Å²) < 4.78 is 11.3. The highest BCUT2D eigenvalue weighted by atomic mass is 16.5. The Hall–Kier alpha value is -1.22. The first-order valence-electron chi connectivity index (χ1n) is 7.01. The van der Waals surface area contributed by atoms with Crippen molar-refractivity contribution < 1.29 is 9.47 Å². The van der Waals surface area contributed by atoms with Gasteiger partial charge in [-0.15, -0.1) is 0 Å². The van der Waals surface area contributed by atoms with E-state index in [9.17, 15) is 0 Å². The molecule has 3 nitrogen and oxygen atoms in total. The largest absolute Gasteiger partial charge is 0.493 e. The summed E-state index contributed by atoms with van der Waals surface area (Å²) in [5.74, 6) is 1.68. The van der Waals surface area contributed by atoms with Crippen LogP contribution in [-0.4, -0.2) is 19.3 Å². The maximum absolute atomic E-state index is 5.90. The van der Waals surface area contributed by atoms with E-state index in [1.165, 1.54) is 0 Å². The molecule has 0 aliphatic carbocycles. The van der Waals surface area contributed by atoms with Crippen LogP contribution in [0.5, 0.6) is 11.5 Å². The standard InChI is InChI=1S/C16H27NO2/c1-6-7-11-19-15-13(12-17-16(2,3)4)9-8-10-14(15)18-5/h8-10,17H,6-7,11-12H2,1-5H3. The fourth-order valence-corrected chi connectivity index (χ4v) is 1.70. The number of hydrogen-bond acceptors (Lipinski definition) is 3. The van der Waals surface area contributed by atoms with Crippen molar-refractivity contribution in [1.29, 1.82) is 0 Å². The van der Waals surface area contributed by atoms with Gasteiger partial charge in [0.2, 0.25) is 0 Å². The topological polar surface area (TPSA) is 30.5 Å². The van der Waals surface area contributed by atoms with E-state index < -0.39 is 0 Å². The van der Waals surface area contributed by atoms with Crippen LogP contribution in [0.2, 0.25) is 0 Å². The van der Waals surface area contributed by atoms with Crippen LogP contribution in [0.1, 0.15) is 46.1 Å². The lowest BCUT2D eigenvalue weighted by atomic mass is 10.1. The summed E-state index contributed by atoms with van der Waals surface area (Å²) in [6.45, 7) is 10.1. The Morgan fingerprint density at radius 3 is 2.53 bits per heavy atom. The Bertz CT molecular complexity index is 383. The molecular weight excluding hydrogens is 238 g/mol. The van der Waals surface area contributed by atoms with Crippen molar-refractivity contribution in [3.63, 3.8) is 0 Å². The molecule has 0 saturated carbocycles. The van der Waals surface area contributed by atoms with Crippen molar-refractivity contribution in [2.45, 2.75) is 52.6 Å². The molecule has 0 bridgehead atoms. The molecule has 108 valence electrons. The van der Waals surface area contributed by atoms with Gasteiger partial charge in [0.05, 0.1) is 13.7 Å². The van der Waals surface area contributed by atoms with Crippen LogP contribution < -0.4 is 14.8 Å². The molecule has 0 heterocycles. The van der Waals surface area contributed by atoms with Gasteiger partial charge in [-0.2, -0.15) is 0 Å². The summed E-state index contributed by atoms with van der Waals surface area (Å²) >= 11 is 0. The van der Waals surface area contributed by atoms with Crippen LogP contribution in [0.3, 0.4) is 0 Å². The fraction of sp³-hybridized carbons (Fsp3) is 0.625. The monoisotopic (exact) mass is 265 g/mol. The van der Waals surface area contributed by atoms with Gasteiger partial charge < -0.3 is 14.8 Å². The van der Waals surface area contributed by atoms with Crippen LogP contribution in [0.25, 0.3) is 0 Å². The maximum atomic E-state index is 5.90. The van der Waals surface area contributed by atoms with Crippen molar-refractivity contribution in [1.82, 2.24) is 5.32 Å². The van der Waals surface area contributed by atoms with Gasteiger partial charge in [0.1, 0.15) is 0 Å². The van der Waals surface area contributed by atoms with Gasteiger partial charge >= 0.3 is 0 Å². The third-order valence-electron chi connectivity index (χ3n) is 2.83. The Kier molecular flexibility index (Phi) is 6.16. The minimum Gasteiger partial charge on any atom is -0.493 e. The molecule has 0 aliphatic heterocycles. The van der Waals surface area contributed by atoms with E-state index in [0.29, 0.717) is 0 Å². The molecule has 1 aromatic rings. The summed E-state index contributed by atoms with van der Waals surface area (Å²) in [6, 6.07) is 6.04. The van der Waals surface area contributed by atoms with E-state index in [2.05, 4.69) is 39.1 Å². The molecule has 0 spiro atoms. The minimum atomic E-state index is 0.0871. The quantitative estimate of drug-likeness (QED) is 0.761. The molecule has 0 aromatic heterocycles. The number of benzene rings is 1. The highest BCUT2D eigenvalue weighted by molar-refractivity contribution is 5.46. The molecule has 0 fully saturated rings. The highest BCUT2D eigenvalue weighted by Gasteiger charge is 2.14. The van der Waals surface area contributed by atoms with Gasteiger partial charge in [-0.05, 0) is 33.3 Å². The van der Waals surface area contributed by atoms with Crippen LogP contribution in [0.15, 0.2) is 18.2 Å². The molecule has 19 heavy (non-hydrogen) atoms. The predicted octanol–water partition coefficient (Wildman–Crippen LogP) is 3.76. The minimum absolute atomic E-state index is 0.0871. The third kappa shape index (κ3) is 5.52. The molecule has 1 aromatic carbocycles. The number of methoxy groups -OCH3 is 1. The van der Waals surface area contributed by atoms with Crippen LogP contribution >= 0.6 is 0 Å². The molecule has 0 unspecified atom stereocenters. The average molecular weight is 265 g/mol. The maximum Gasteiger partial charge on any atom is 0.165 e. The summed E-state index contributed by atoms with van der Waals surface area (Å²) in [6.07, 6.45) is 2.19. The Balaban J connectivity index is 2.82. The van der Waals surface area contributed by atoms with Crippen LogP contribution in [0, 0.1) is 0 Å². The smallest absolute Gasteiger partial charge is 0.165 e. The molecular formula is C16H27NO2. The van der Waals surface area contributed by atoms with E-state index in [1.807, 2.05) is 12.1 Å². The van der Waals surface area contributed by atoms with Crippen LogP contribution in [-0.2, 0) is 6.54 Å². The first-order valence-corrected chi connectivity index (χ1v) is 7.01. The summed E-state index contributed by atoms with van der Waals surface area (Å²) in [5.41, 5.74) is 1.23. The first kappa shape index (κ1) is 15.8. The number of unbranched alkanes of at least 4 members (excludes halogenated alkanes) is 1. The van der Waals surface area contributed by atoms with Crippen molar-refractivity contribution in [3.05, 3.63) is 23.8 Å². The first-order chi connectivity index (χ1) is 8.98. The fourth-order valence-electron chi connectivity index (χ4n) is 1.70. The Morgan fingerprint density at radius 1 is 1.21 bits per heavy atom. The lowest BCUT2D eigenvalue weighted by Crippen LogP contribution is -2.35. The van der Waals surface area contributed by atoms with E-state index in [0.717, 1.165) is 43.1 Å². The number of rotatable bonds is 7. The molecule has 0 atom stereocenters. The van der Waals surface area contributed by atoms with Gasteiger partial charge in [0.15, 0.2) is 11.5 Å². The summed E-state index contributed by atoms with van der Waals surface area (Å²) in [5, 5.41) is 3.48. The number of hydrogen-bond donors (Lipinski definition) is 1. The van der Waals surface area contributed by atoms with Crippen molar-refractivity contribution in [2.75, 3.05) is 13.7 Å². The van der Waals surface area contributed by atoms with E-state index in [4.69, 9.17) is 9.47 Å². The van der Waals surface area contributed by atoms with Gasteiger partial charge in [0, 0.05) is 17.6 Å². The van der Waals surface area contributed by atoms with Crippen molar-refractivity contribution in [3.8, 4) is 11.5 Å². The Labute approximate surface area is 117 Å². The third-order valence-corrected chi connectivity index (χ3v) is 2.83. The molecule has 0 amide bonds. The van der Waals surface area contributed by atoms with E-state index >= 15 is 0 Å². The molecule has 1 N–H and O–H groups in total. The molecule has 0 aliphatic rings. The average Bonchev–Trinajstić information content (AvgIpc) is 2.36. The van der Waals surface area contributed by atoms with Gasteiger partial charge in [-0.1, -0.05) is 25.5 Å². The number of ether oxygens (including phenoxy) is 2. The summed E-state index contributed by atoms with van der Waals surface area (Å²) in [4.78, 5) is 0. The molecule has 0 saturated heterocycles. The normalized spacial score (nSPS) is 11.4. The van der Waals surface area contributed by atoms with Crippen molar-refractivity contribution >= 4 is 0 Å². The Morgan fingerprint density at radius 2 is 1.95 bits per heavy atom. The second kappa shape index (κ2) is 7.39. The number of nitrogens with one attached hydrogen (secondary N) is 1. The van der Waals surface area contributed by atoms with E-state index in [-0.39, 0.29) is 5.54 Å². The highest BCUT2D eigenvalue weighted by Crippen LogP contribution is 2.31. The number of para-hydroxylation sites is 1. The lowest BCUT2D eigenvalue weighted by molar-refractivity contribution is 0.283. The molecule has 1 rings (SSSR count). The van der Waals surface area contributed by atoms with E-state index in [1.54, 1.807) is 7.11 Å². The predicted molar refractivity (Wildman–Crippen MR) is 80.0 cm³/mol. The zero-order chi connectivity index (χ0) is 14.3.